The lowest BCUT2D eigenvalue weighted by molar-refractivity contribution is 0.0954. The first-order valence-corrected chi connectivity index (χ1v) is 11.0. The number of anilines is 2. The van der Waals surface area contributed by atoms with Crippen molar-refractivity contribution >= 4 is 38.5 Å². The number of urea groups is 1. The van der Waals surface area contributed by atoms with Crippen LogP contribution in [0.5, 0.6) is 5.75 Å². The standard InChI is InChI=1S/C21H24FN5O4S/c1-12-10-26(21(31)25-20-24-17-3-2-14(29)8-18(17)32-20)4-5-27(12)19-16(22)7-13(9-23-19)6-15(30)11-28/h2-3,7-9,12,15,28-30H,4-6,10-11H2,1H3,(H,24,25,31)/t12?,15-/m1/s1. The summed E-state index contributed by atoms with van der Waals surface area (Å²) in [7, 11) is 0. The molecule has 1 aliphatic rings. The molecular weight excluding hydrogens is 437 g/mol. The molecule has 1 unspecified atom stereocenters. The first-order valence-electron chi connectivity index (χ1n) is 10.2. The number of aromatic hydroxyl groups is 1. The minimum Gasteiger partial charge on any atom is -0.508 e. The summed E-state index contributed by atoms with van der Waals surface area (Å²) >= 11 is 1.28. The Bertz CT molecular complexity index is 1130. The Morgan fingerprint density at radius 2 is 2.19 bits per heavy atom. The van der Waals surface area contributed by atoms with Crippen LogP contribution in [-0.2, 0) is 6.42 Å². The Labute approximate surface area is 187 Å². The molecule has 0 radical (unpaired) electrons. The van der Waals surface area contributed by atoms with Gasteiger partial charge in [-0.1, -0.05) is 11.3 Å². The highest BCUT2D eigenvalue weighted by atomic mass is 32.1. The molecule has 32 heavy (non-hydrogen) atoms. The van der Waals surface area contributed by atoms with Crippen LogP contribution in [0.3, 0.4) is 0 Å². The van der Waals surface area contributed by atoms with Gasteiger partial charge in [0, 0.05) is 38.3 Å². The molecule has 0 saturated carbocycles. The maximum absolute atomic E-state index is 14.7. The fraction of sp³-hybridized carbons (Fsp3) is 0.381. The number of rotatable bonds is 5. The van der Waals surface area contributed by atoms with Gasteiger partial charge < -0.3 is 25.1 Å². The van der Waals surface area contributed by atoms with Crippen molar-refractivity contribution in [2.24, 2.45) is 0 Å². The molecule has 170 valence electrons. The summed E-state index contributed by atoms with van der Waals surface area (Å²) in [5.41, 5.74) is 1.19. The molecule has 1 aromatic carbocycles. The molecule has 4 rings (SSSR count). The normalized spacial score (nSPS) is 17.6. The predicted octanol–water partition coefficient (Wildman–Crippen LogP) is 2.17. The maximum atomic E-state index is 14.7. The molecule has 9 nitrogen and oxygen atoms in total. The highest BCUT2D eigenvalue weighted by molar-refractivity contribution is 7.22. The van der Waals surface area contributed by atoms with E-state index in [1.165, 1.54) is 23.6 Å². The van der Waals surface area contributed by atoms with Gasteiger partial charge in [-0.2, -0.15) is 0 Å². The summed E-state index contributed by atoms with van der Waals surface area (Å²) in [4.78, 5) is 24.8. The fourth-order valence-electron chi connectivity index (χ4n) is 3.72. The number of fused-ring (bicyclic) bond motifs is 1. The monoisotopic (exact) mass is 461 g/mol. The number of amides is 2. The average molecular weight is 462 g/mol. The smallest absolute Gasteiger partial charge is 0.323 e. The number of benzene rings is 1. The summed E-state index contributed by atoms with van der Waals surface area (Å²) in [5, 5.41) is 31.3. The molecule has 2 aromatic heterocycles. The summed E-state index contributed by atoms with van der Waals surface area (Å²) in [5.74, 6) is -0.164. The van der Waals surface area contributed by atoms with Crippen LogP contribution in [0.2, 0.25) is 0 Å². The average Bonchev–Trinajstić information content (AvgIpc) is 3.15. The van der Waals surface area contributed by atoms with Gasteiger partial charge in [0.2, 0.25) is 0 Å². The van der Waals surface area contributed by atoms with E-state index in [1.807, 2.05) is 11.8 Å². The number of nitrogens with zero attached hydrogens (tertiary/aromatic N) is 4. The van der Waals surface area contributed by atoms with Gasteiger partial charge in [-0.25, -0.2) is 19.2 Å². The van der Waals surface area contributed by atoms with Gasteiger partial charge in [0.15, 0.2) is 16.8 Å². The number of hydrogen-bond acceptors (Lipinski definition) is 8. The summed E-state index contributed by atoms with van der Waals surface area (Å²) in [6.45, 7) is 2.66. The predicted molar refractivity (Wildman–Crippen MR) is 120 cm³/mol. The number of aromatic nitrogens is 2. The van der Waals surface area contributed by atoms with Gasteiger partial charge in [-0.15, -0.1) is 0 Å². The van der Waals surface area contributed by atoms with Crippen molar-refractivity contribution in [1.82, 2.24) is 14.9 Å². The quantitative estimate of drug-likeness (QED) is 0.459. The number of phenolic OH excluding ortho intramolecular Hbond substituents is 1. The van der Waals surface area contributed by atoms with E-state index in [-0.39, 0.29) is 30.1 Å². The van der Waals surface area contributed by atoms with E-state index in [1.54, 1.807) is 23.1 Å². The van der Waals surface area contributed by atoms with Crippen molar-refractivity contribution in [3.63, 3.8) is 0 Å². The van der Waals surface area contributed by atoms with Crippen LogP contribution in [0.15, 0.2) is 30.5 Å². The zero-order valence-electron chi connectivity index (χ0n) is 17.4. The van der Waals surface area contributed by atoms with Crippen LogP contribution in [0.4, 0.5) is 20.1 Å². The zero-order chi connectivity index (χ0) is 22.8. The second-order valence-electron chi connectivity index (χ2n) is 7.78. The molecular formula is C21H24FN5O4S. The molecule has 4 N–H and O–H groups in total. The molecule has 1 saturated heterocycles. The fourth-order valence-corrected chi connectivity index (χ4v) is 4.61. The Morgan fingerprint density at radius 3 is 2.91 bits per heavy atom. The minimum atomic E-state index is -0.954. The number of phenols is 1. The van der Waals surface area contributed by atoms with Crippen molar-refractivity contribution in [3.8, 4) is 5.75 Å². The van der Waals surface area contributed by atoms with E-state index < -0.39 is 18.5 Å². The molecule has 3 aromatic rings. The number of nitrogens with one attached hydrogen (secondary N) is 1. The van der Waals surface area contributed by atoms with E-state index in [0.29, 0.717) is 35.8 Å². The highest BCUT2D eigenvalue weighted by Crippen LogP contribution is 2.29. The minimum absolute atomic E-state index is 0.121. The lowest BCUT2D eigenvalue weighted by Gasteiger charge is -2.40. The Hall–Kier alpha value is -3.02. The second-order valence-corrected chi connectivity index (χ2v) is 8.81. The van der Waals surface area contributed by atoms with Crippen LogP contribution >= 0.6 is 11.3 Å². The topological polar surface area (TPSA) is 122 Å². The number of hydrogen-bond donors (Lipinski definition) is 4. The molecule has 1 aliphatic heterocycles. The van der Waals surface area contributed by atoms with Crippen LogP contribution in [0, 0.1) is 5.82 Å². The summed E-state index contributed by atoms with van der Waals surface area (Å²) < 4.78 is 15.4. The van der Waals surface area contributed by atoms with Crippen LogP contribution in [0.1, 0.15) is 12.5 Å². The Kier molecular flexibility index (Phi) is 6.40. The van der Waals surface area contributed by atoms with E-state index in [4.69, 9.17) is 5.11 Å². The first kappa shape index (κ1) is 22.2. The van der Waals surface area contributed by atoms with Crippen molar-refractivity contribution in [2.75, 3.05) is 36.5 Å². The molecule has 0 bridgehead atoms. The Morgan fingerprint density at radius 1 is 1.38 bits per heavy atom. The molecule has 2 amide bonds. The number of pyridine rings is 1. The lowest BCUT2D eigenvalue weighted by Crippen LogP contribution is -2.55. The number of piperazine rings is 1. The highest BCUT2D eigenvalue weighted by Gasteiger charge is 2.29. The molecule has 11 heteroatoms. The van der Waals surface area contributed by atoms with Gasteiger partial charge in [0.25, 0.3) is 0 Å². The van der Waals surface area contributed by atoms with Crippen molar-refractivity contribution in [1.29, 1.82) is 0 Å². The third-order valence-corrected chi connectivity index (χ3v) is 6.27. The number of aliphatic hydroxyl groups excluding tert-OH is 2. The van der Waals surface area contributed by atoms with E-state index in [0.717, 1.165) is 4.70 Å². The number of halogens is 1. The SMILES string of the molecule is CC1CN(C(=O)Nc2nc3ccc(O)cc3s2)CCN1c1ncc(C[C@@H](O)CO)cc1F. The van der Waals surface area contributed by atoms with Gasteiger partial charge >= 0.3 is 6.03 Å². The molecule has 0 spiro atoms. The molecule has 0 aliphatic carbocycles. The zero-order valence-corrected chi connectivity index (χ0v) is 18.2. The van der Waals surface area contributed by atoms with Gasteiger partial charge in [-0.3, -0.25) is 5.32 Å². The Balaban J connectivity index is 1.39. The van der Waals surface area contributed by atoms with Crippen LogP contribution in [-0.4, -0.2) is 74.6 Å². The third kappa shape index (κ3) is 4.74. The van der Waals surface area contributed by atoms with Crippen molar-refractivity contribution in [2.45, 2.75) is 25.5 Å². The van der Waals surface area contributed by atoms with E-state index in [2.05, 4.69) is 15.3 Å². The molecule has 3 heterocycles. The largest absolute Gasteiger partial charge is 0.508 e. The van der Waals surface area contributed by atoms with Crippen LogP contribution < -0.4 is 10.2 Å². The van der Waals surface area contributed by atoms with Crippen LogP contribution in [0.25, 0.3) is 10.2 Å². The lowest BCUT2D eigenvalue weighted by atomic mass is 10.1. The first-order chi connectivity index (χ1) is 15.3. The summed E-state index contributed by atoms with van der Waals surface area (Å²) in [6.07, 6.45) is 0.660. The summed E-state index contributed by atoms with van der Waals surface area (Å²) in [6, 6.07) is 5.69. The van der Waals surface area contributed by atoms with E-state index in [9.17, 15) is 19.4 Å². The van der Waals surface area contributed by atoms with Gasteiger partial charge in [-0.05, 0) is 36.8 Å². The van der Waals surface area contributed by atoms with Gasteiger partial charge in [0.05, 0.1) is 22.9 Å². The molecule has 1 fully saturated rings. The number of aliphatic hydroxyl groups is 2. The number of carbonyl (C=O) groups is 1. The van der Waals surface area contributed by atoms with Crippen molar-refractivity contribution < 1.29 is 24.5 Å². The van der Waals surface area contributed by atoms with E-state index >= 15 is 0 Å². The number of thiazole rings is 1. The third-order valence-electron chi connectivity index (χ3n) is 5.33. The number of carbonyl (C=O) groups excluding carboxylic acids is 1. The molecule has 2 atom stereocenters. The van der Waals surface area contributed by atoms with Crippen molar-refractivity contribution in [3.05, 3.63) is 41.8 Å². The van der Waals surface area contributed by atoms with Gasteiger partial charge in [0.1, 0.15) is 5.75 Å². The maximum Gasteiger partial charge on any atom is 0.323 e. The second kappa shape index (κ2) is 9.23.